The van der Waals surface area contributed by atoms with Gasteiger partial charge in [-0.3, -0.25) is 14.0 Å². The normalized spacial score (nSPS) is 37.3. The zero-order valence-electron chi connectivity index (χ0n) is 18.4. The van der Waals surface area contributed by atoms with Gasteiger partial charge in [-0.2, -0.15) is 0 Å². The molecule has 5 aliphatic rings. The van der Waals surface area contributed by atoms with E-state index >= 15 is 0 Å². The Labute approximate surface area is 187 Å². The van der Waals surface area contributed by atoms with Crippen LogP contribution < -0.4 is 5.32 Å². The van der Waals surface area contributed by atoms with E-state index in [-0.39, 0.29) is 5.91 Å². The van der Waals surface area contributed by atoms with Gasteiger partial charge in [0.15, 0.2) is 0 Å². The molecular formula is C26H31N3O3. The maximum Gasteiger partial charge on any atom is 0.312 e. The van der Waals surface area contributed by atoms with Crippen molar-refractivity contribution in [3.63, 3.8) is 0 Å². The Morgan fingerprint density at radius 1 is 1.19 bits per heavy atom. The molecule has 2 aromatic rings. The van der Waals surface area contributed by atoms with E-state index in [1.54, 1.807) is 10.6 Å². The van der Waals surface area contributed by atoms with Gasteiger partial charge in [0.2, 0.25) is 0 Å². The minimum atomic E-state index is -0.828. The number of imidazole rings is 1. The van der Waals surface area contributed by atoms with Gasteiger partial charge in [0.05, 0.1) is 5.69 Å². The third-order valence-electron chi connectivity index (χ3n) is 9.88. The van der Waals surface area contributed by atoms with E-state index in [1.807, 2.05) is 18.2 Å². The van der Waals surface area contributed by atoms with Crippen LogP contribution in [0.15, 0.2) is 24.4 Å². The number of carboxylic acids is 1. The van der Waals surface area contributed by atoms with Crippen LogP contribution in [0.4, 0.5) is 0 Å². The topological polar surface area (TPSA) is 83.7 Å². The Kier molecular flexibility index (Phi) is 3.80. The minimum Gasteiger partial charge on any atom is -0.481 e. The van der Waals surface area contributed by atoms with Crippen molar-refractivity contribution in [2.24, 2.45) is 34.5 Å². The van der Waals surface area contributed by atoms with Crippen LogP contribution in [0.3, 0.4) is 0 Å². The van der Waals surface area contributed by atoms with E-state index in [9.17, 15) is 14.7 Å². The molecule has 2 N–H and O–H groups in total. The van der Waals surface area contributed by atoms with Crippen LogP contribution in [-0.2, 0) is 4.79 Å². The number of nitrogens with one attached hydrogen (secondary N) is 1. The molecule has 1 amide bonds. The molecule has 0 aromatic carbocycles. The molecule has 6 atom stereocenters. The Hall–Kier alpha value is -2.37. The first-order valence-electron chi connectivity index (χ1n) is 12.4. The number of hydrogen-bond donors (Lipinski definition) is 2. The number of aromatic nitrogens is 2. The van der Waals surface area contributed by atoms with Crippen LogP contribution in [0.1, 0.15) is 79.9 Å². The predicted molar refractivity (Wildman–Crippen MR) is 118 cm³/mol. The Morgan fingerprint density at radius 3 is 2.88 bits per heavy atom. The van der Waals surface area contributed by atoms with E-state index < -0.39 is 11.9 Å². The molecular weight excluding hydrogens is 402 g/mol. The Bertz CT molecular complexity index is 1130. The molecule has 5 saturated carbocycles. The van der Waals surface area contributed by atoms with Gasteiger partial charge in [-0.1, -0.05) is 18.9 Å². The highest BCUT2D eigenvalue weighted by atomic mass is 16.4. The van der Waals surface area contributed by atoms with Gasteiger partial charge in [-0.05, 0) is 91.6 Å². The fraction of sp³-hybridized carbons (Fsp3) is 0.654. The average Bonchev–Trinajstić information content (AvgIpc) is 3.40. The van der Waals surface area contributed by atoms with Crippen LogP contribution in [0.25, 0.3) is 5.65 Å². The summed E-state index contributed by atoms with van der Waals surface area (Å²) in [6, 6.07) is 5.51. The van der Waals surface area contributed by atoms with Gasteiger partial charge < -0.3 is 10.4 Å². The first-order chi connectivity index (χ1) is 15.4. The highest BCUT2D eigenvalue weighted by molar-refractivity contribution is 5.93. The highest BCUT2D eigenvalue weighted by Gasteiger charge is 2.70. The van der Waals surface area contributed by atoms with Crippen LogP contribution in [0, 0.1) is 34.5 Å². The first kappa shape index (κ1) is 19.1. The lowest BCUT2D eigenvalue weighted by Crippen LogP contribution is -2.43. The van der Waals surface area contributed by atoms with Crippen molar-refractivity contribution in [2.45, 2.75) is 63.7 Å². The number of amides is 1. The number of aliphatic carboxylic acids is 1. The van der Waals surface area contributed by atoms with Crippen molar-refractivity contribution in [3.8, 4) is 0 Å². The summed E-state index contributed by atoms with van der Waals surface area (Å²) in [6.45, 7) is 0.769. The van der Waals surface area contributed by atoms with E-state index in [1.165, 1.54) is 38.5 Å². The zero-order valence-corrected chi connectivity index (χ0v) is 18.4. The second-order valence-corrected chi connectivity index (χ2v) is 11.8. The third kappa shape index (κ3) is 2.67. The van der Waals surface area contributed by atoms with Gasteiger partial charge >= 0.3 is 5.97 Å². The summed E-state index contributed by atoms with van der Waals surface area (Å²) in [5.74, 6) is 1.73. The SMILES string of the molecule is O=C(NCC12CC3CC4CC(C1)C4(C3)C2)c1cccc2nc(C(CC3CC3)C(=O)O)cn12. The van der Waals surface area contributed by atoms with E-state index in [2.05, 4.69) is 10.3 Å². The Balaban J connectivity index is 1.12. The maximum atomic E-state index is 13.3. The molecule has 0 saturated heterocycles. The second kappa shape index (κ2) is 6.36. The quantitative estimate of drug-likeness (QED) is 0.684. The molecule has 5 aliphatic carbocycles. The lowest BCUT2D eigenvalue weighted by Gasteiger charge is -2.49. The van der Waals surface area contributed by atoms with Crippen LogP contribution in [0.2, 0.25) is 0 Å². The van der Waals surface area contributed by atoms with Crippen molar-refractivity contribution in [2.75, 3.05) is 6.54 Å². The molecule has 6 nitrogen and oxygen atoms in total. The number of hydrogen-bond acceptors (Lipinski definition) is 3. The molecule has 168 valence electrons. The molecule has 0 aliphatic heterocycles. The number of rotatable bonds is 7. The molecule has 6 unspecified atom stereocenters. The molecule has 6 heteroatoms. The number of fused-ring (bicyclic) bond motifs is 3. The van der Waals surface area contributed by atoms with Gasteiger partial charge in [-0.15, -0.1) is 0 Å². The highest BCUT2D eigenvalue weighted by Crippen LogP contribution is 2.78. The summed E-state index contributed by atoms with van der Waals surface area (Å²) in [6.07, 6.45) is 12.8. The minimum absolute atomic E-state index is 0.0748. The summed E-state index contributed by atoms with van der Waals surface area (Å²) in [4.78, 5) is 29.7. The van der Waals surface area contributed by atoms with Gasteiger partial charge in [0.25, 0.3) is 5.91 Å². The van der Waals surface area contributed by atoms with Crippen molar-refractivity contribution in [3.05, 3.63) is 35.8 Å². The molecule has 7 rings (SSSR count). The average molecular weight is 434 g/mol. The van der Waals surface area contributed by atoms with E-state index in [4.69, 9.17) is 0 Å². The van der Waals surface area contributed by atoms with E-state index in [0.29, 0.717) is 40.2 Å². The fourth-order valence-electron chi connectivity index (χ4n) is 8.52. The zero-order chi connectivity index (χ0) is 21.7. The number of nitrogens with zero attached hydrogens (tertiary/aromatic N) is 2. The summed E-state index contributed by atoms with van der Waals surface area (Å²) in [5, 5.41) is 13.0. The van der Waals surface area contributed by atoms with Gasteiger partial charge in [-0.25, -0.2) is 4.98 Å². The monoisotopic (exact) mass is 433 g/mol. The maximum absolute atomic E-state index is 13.3. The van der Waals surface area contributed by atoms with Gasteiger partial charge in [0.1, 0.15) is 17.3 Å². The van der Waals surface area contributed by atoms with Crippen molar-refractivity contribution in [1.29, 1.82) is 0 Å². The first-order valence-corrected chi connectivity index (χ1v) is 12.4. The van der Waals surface area contributed by atoms with Crippen molar-refractivity contribution >= 4 is 17.5 Å². The number of carbonyl (C=O) groups is 2. The lowest BCUT2D eigenvalue weighted by atomic mass is 9.55. The number of pyridine rings is 1. The molecule has 32 heavy (non-hydrogen) atoms. The van der Waals surface area contributed by atoms with Crippen molar-refractivity contribution in [1.82, 2.24) is 14.7 Å². The van der Waals surface area contributed by atoms with Crippen LogP contribution in [0.5, 0.6) is 0 Å². The van der Waals surface area contributed by atoms with Crippen LogP contribution >= 0.6 is 0 Å². The van der Waals surface area contributed by atoms with Gasteiger partial charge in [0, 0.05) is 12.7 Å². The third-order valence-corrected chi connectivity index (χ3v) is 9.88. The summed E-state index contributed by atoms with van der Waals surface area (Å²) in [7, 11) is 0. The second-order valence-electron chi connectivity index (χ2n) is 11.8. The molecule has 3 bridgehead atoms. The lowest BCUT2D eigenvalue weighted by molar-refractivity contribution is -0.139. The summed E-state index contributed by atoms with van der Waals surface area (Å²) < 4.78 is 1.78. The predicted octanol–water partition coefficient (Wildman–Crippen LogP) is 4.25. The molecule has 1 spiro atoms. The summed E-state index contributed by atoms with van der Waals surface area (Å²) in [5.41, 5.74) is 2.67. The number of carbonyl (C=O) groups excluding carboxylic acids is 1. The molecule has 5 fully saturated rings. The fourth-order valence-corrected chi connectivity index (χ4v) is 8.52. The largest absolute Gasteiger partial charge is 0.481 e. The molecule has 2 aromatic heterocycles. The molecule has 0 radical (unpaired) electrons. The smallest absolute Gasteiger partial charge is 0.312 e. The summed E-state index contributed by atoms with van der Waals surface area (Å²) >= 11 is 0. The van der Waals surface area contributed by atoms with Crippen molar-refractivity contribution < 1.29 is 14.7 Å². The Morgan fingerprint density at radius 2 is 2.06 bits per heavy atom. The molecule has 2 heterocycles. The van der Waals surface area contributed by atoms with E-state index in [0.717, 1.165) is 37.1 Å². The standard InChI is InChI=1S/C26H31N3O3/c30-23(27-14-25-9-16-6-17-8-18(11-25)26(17,10-16)13-25)21-2-1-3-22-28-20(12-29(21)22)19(24(31)32)7-15-4-5-15/h1-3,12,15-19H,4-11,13-14H2,(H,27,30)(H,31,32). The van der Waals surface area contributed by atoms with Crippen LogP contribution in [-0.4, -0.2) is 32.9 Å². The number of carboxylic acid groups (broad SMARTS) is 1.